The molecule has 128 valence electrons. The first-order valence-corrected chi connectivity index (χ1v) is 9.43. The summed E-state index contributed by atoms with van der Waals surface area (Å²) in [5.41, 5.74) is 0. The van der Waals surface area contributed by atoms with Crippen LogP contribution in [0.25, 0.3) is 0 Å². The molecule has 0 saturated carbocycles. The zero-order valence-electron chi connectivity index (χ0n) is 13.8. The summed E-state index contributed by atoms with van der Waals surface area (Å²) < 4.78 is 18.9. The first kappa shape index (κ1) is 25.5. The molecule has 0 aliphatic heterocycles. The van der Waals surface area contributed by atoms with E-state index >= 15 is 0 Å². The fourth-order valence-corrected chi connectivity index (χ4v) is 2.19. The van der Waals surface area contributed by atoms with E-state index in [1.807, 2.05) is 0 Å². The molecule has 0 fully saturated rings. The van der Waals surface area contributed by atoms with Crippen LogP contribution in [0.4, 0.5) is 0 Å². The molecule has 0 aliphatic carbocycles. The van der Waals surface area contributed by atoms with Crippen LogP contribution in [0.2, 0.25) is 0 Å². The Bertz CT molecular complexity index is 262. The van der Waals surface area contributed by atoms with Gasteiger partial charge in [0.2, 0.25) is 0 Å². The zero-order chi connectivity index (χ0) is 15.8. The smallest absolute Gasteiger partial charge is 0.788 e. The van der Waals surface area contributed by atoms with Gasteiger partial charge >= 0.3 is 37.7 Å². The molecule has 0 unspecified atom stereocenters. The summed E-state index contributed by atoms with van der Waals surface area (Å²) in [6.45, 7) is 3.00. The predicted octanol–water partition coefficient (Wildman–Crippen LogP) is 2.32. The molecule has 0 aliphatic rings. The summed E-state index contributed by atoms with van der Waals surface area (Å²) in [4.78, 5) is 24.3. The van der Waals surface area contributed by atoms with Crippen molar-refractivity contribution in [2.75, 3.05) is 19.8 Å². The summed E-state index contributed by atoms with van der Waals surface area (Å²) >= 11 is 0. The van der Waals surface area contributed by atoms with Crippen molar-refractivity contribution in [3.05, 3.63) is 0 Å². The minimum atomic E-state index is -5.03. The van der Waals surface area contributed by atoms with Crippen LogP contribution in [0.3, 0.4) is 0 Å². The molecule has 0 aromatic heterocycles. The molecule has 0 N–H and O–H groups in total. The summed E-state index contributed by atoms with van der Waals surface area (Å²) in [5, 5.41) is 0. The van der Waals surface area contributed by atoms with E-state index in [9.17, 15) is 14.4 Å². The predicted molar refractivity (Wildman–Crippen MR) is 83.1 cm³/mol. The molecule has 0 atom stereocenters. The fourth-order valence-electron chi connectivity index (χ4n) is 1.99. The van der Waals surface area contributed by atoms with Gasteiger partial charge in [-0.15, -0.1) is 0 Å². The Hall–Kier alpha value is 1.29. The average molecular weight is 364 g/mol. The third kappa shape index (κ3) is 23.6. The average Bonchev–Trinajstić information content (AvgIpc) is 2.42. The van der Waals surface area contributed by atoms with Gasteiger partial charge in [0.25, 0.3) is 0 Å². The second kappa shape index (κ2) is 18.6. The van der Waals surface area contributed by atoms with Crippen molar-refractivity contribution in [3.63, 3.8) is 0 Å². The van der Waals surface area contributed by atoms with E-state index in [1.54, 1.807) is 0 Å². The van der Waals surface area contributed by atoms with Crippen molar-refractivity contribution in [3.8, 4) is 0 Å². The molecule has 0 amide bonds. The van der Waals surface area contributed by atoms with E-state index in [1.165, 1.54) is 51.4 Å². The largest absolute Gasteiger partial charge is 2.00 e. The summed E-state index contributed by atoms with van der Waals surface area (Å²) in [5.74, 6) is 0. The van der Waals surface area contributed by atoms with Gasteiger partial charge in [-0.1, -0.05) is 64.7 Å². The molecule has 6 nitrogen and oxygen atoms in total. The fraction of sp³-hybridized carbons (Fsp3) is 1.00. The Morgan fingerprint density at radius 1 is 0.773 bits per heavy atom. The third-order valence-electron chi connectivity index (χ3n) is 3.10. The maximum absolute atomic E-state index is 10.0. The van der Waals surface area contributed by atoms with Crippen LogP contribution in [-0.2, 0) is 18.9 Å². The molecular weight excluding hydrogens is 335 g/mol. The molecule has 0 aromatic rings. The van der Waals surface area contributed by atoms with Crippen LogP contribution in [0.1, 0.15) is 71.1 Å². The van der Waals surface area contributed by atoms with Gasteiger partial charge in [0.05, 0.1) is 6.61 Å². The summed E-state index contributed by atoms with van der Waals surface area (Å²) in [6.07, 6.45) is 12.7. The molecule has 0 heterocycles. The first-order valence-electron chi connectivity index (χ1n) is 7.97. The molecule has 22 heavy (non-hydrogen) atoms. The van der Waals surface area contributed by atoms with E-state index in [2.05, 4.69) is 16.5 Å². The Balaban J connectivity index is 0. The normalized spacial score (nSPS) is 11.4. The third-order valence-corrected chi connectivity index (χ3v) is 3.39. The van der Waals surface area contributed by atoms with Gasteiger partial charge in [-0.25, -0.2) is 9.56 Å². The maximum Gasteiger partial charge on any atom is 2.00 e. The van der Waals surface area contributed by atoms with Gasteiger partial charge in [0, 0.05) is 6.61 Å². The molecule has 0 saturated heterocycles. The van der Waals surface area contributed by atoms with E-state index in [4.69, 9.17) is 4.74 Å². The van der Waals surface area contributed by atoms with Crippen molar-refractivity contribution >= 4 is 45.6 Å². The Morgan fingerprint density at radius 2 is 1.27 bits per heavy atom. The number of ether oxygens (including phenoxy) is 1. The van der Waals surface area contributed by atoms with Crippen molar-refractivity contribution in [1.29, 1.82) is 0 Å². The monoisotopic (exact) mass is 364 g/mol. The van der Waals surface area contributed by atoms with E-state index < -0.39 is 7.82 Å². The van der Waals surface area contributed by atoms with Crippen LogP contribution in [0.5, 0.6) is 0 Å². The van der Waals surface area contributed by atoms with Gasteiger partial charge in [-0.2, -0.15) is 0 Å². The van der Waals surface area contributed by atoms with Gasteiger partial charge < -0.3 is 19.1 Å². The molecular formula is C14H29CaO6P. The van der Waals surface area contributed by atoms with E-state index in [0.717, 1.165) is 12.8 Å². The quantitative estimate of drug-likeness (QED) is 0.137. The molecule has 0 rings (SSSR count). The second-order valence-electron chi connectivity index (χ2n) is 5.14. The Labute approximate surface area is 164 Å². The van der Waals surface area contributed by atoms with Crippen molar-refractivity contribution in [2.24, 2.45) is 0 Å². The number of hydrogen-bond donors (Lipinski definition) is 0. The summed E-state index contributed by atoms with van der Waals surface area (Å²) in [7, 11) is -5.03. The van der Waals surface area contributed by atoms with E-state index in [0.29, 0.717) is 6.61 Å². The van der Waals surface area contributed by atoms with Crippen LogP contribution >= 0.6 is 7.82 Å². The van der Waals surface area contributed by atoms with Crippen molar-refractivity contribution in [1.82, 2.24) is 0 Å². The SMILES string of the molecule is CCCCCCCCCCCCOCCOOP(=O)([O-])[O-].[Ca+2]. The second-order valence-corrected chi connectivity index (χ2v) is 6.18. The Kier molecular flexibility index (Phi) is 21.6. The van der Waals surface area contributed by atoms with Crippen molar-refractivity contribution in [2.45, 2.75) is 71.1 Å². The number of unbranched alkanes of at least 4 members (excludes halogenated alkanes) is 9. The van der Waals surface area contributed by atoms with Gasteiger partial charge in [-0.3, -0.25) is 0 Å². The van der Waals surface area contributed by atoms with Crippen LogP contribution in [0, 0.1) is 0 Å². The number of rotatable bonds is 16. The first-order chi connectivity index (χ1) is 10.1. The maximum atomic E-state index is 10.0. The van der Waals surface area contributed by atoms with E-state index in [-0.39, 0.29) is 51.0 Å². The van der Waals surface area contributed by atoms with Gasteiger partial charge in [0.1, 0.15) is 14.4 Å². The zero-order valence-corrected chi connectivity index (χ0v) is 16.9. The van der Waals surface area contributed by atoms with Crippen LogP contribution in [0.15, 0.2) is 0 Å². The van der Waals surface area contributed by atoms with Crippen molar-refractivity contribution < 1.29 is 28.7 Å². The standard InChI is InChI=1S/C14H31O6P.Ca/c1-2-3-4-5-6-7-8-9-10-11-12-18-13-14-19-20-21(15,16)17;/h2-14H2,1H3,(H2,15,16,17);/q;+2/p-2. The van der Waals surface area contributed by atoms with Crippen LogP contribution in [-0.4, -0.2) is 57.6 Å². The van der Waals surface area contributed by atoms with Gasteiger partial charge in [0.15, 0.2) is 0 Å². The van der Waals surface area contributed by atoms with Gasteiger partial charge in [-0.05, 0) is 6.42 Å². The number of phosphoric acid groups is 1. The van der Waals surface area contributed by atoms with Crippen LogP contribution < -0.4 is 9.79 Å². The molecule has 8 heteroatoms. The molecule has 0 aromatic carbocycles. The Morgan fingerprint density at radius 3 is 1.77 bits per heavy atom. The molecule has 0 bridgehead atoms. The number of hydrogen-bond acceptors (Lipinski definition) is 6. The topological polar surface area (TPSA) is 90.9 Å². The summed E-state index contributed by atoms with van der Waals surface area (Å²) in [6, 6.07) is 0. The minimum Gasteiger partial charge on any atom is -0.788 e. The minimum absolute atomic E-state index is 0. The molecule has 0 spiro atoms. The molecule has 0 radical (unpaired) electrons.